The summed E-state index contributed by atoms with van der Waals surface area (Å²) >= 11 is 6.08. The van der Waals surface area contributed by atoms with Crippen molar-refractivity contribution < 1.29 is 14.6 Å². The summed E-state index contributed by atoms with van der Waals surface area (Å²) in [5.74, 6) is 2.81. The van der Waals surface area contributed by atoms with E-state index in [-0.39, 0.29) is 24.7 Å². The number of hydrogen-bond acceptors (Lipinski definition) is 7. The number of piperidine rings is 1. The Hall–Kier alpha value is -2.89. The summed E-state index contributed by atoms with van der Waals surface area (Å²) in [6.45, 7) is 2.07. The topological polar surface area (TPSA) is 111 Å². The third-order valence-electron chi connectivity index (χ3n) is 7.16. The highest BCUT2D eigenvalue weighted by Gasteiger charge is 2.55. The molecule has 3 fully saturated rings. The van der Waals surface area contributed by atoms with E-state index in [0.717, 1.165) is 44.6 Å². The number of hydrogen-bond donors (Lipinski definition) is 2. The third-order valence-corrected chi connectivity index (χ3v) is 7.48. The van der Waals surface area contributed by atoms with Crippen LogP contribution in [0.15, 0.2) is 30.3 Å². The van der Waals surface area contributed by atoms with Crippen LogP contribution in [0.25, 0.3) is 0 Å². The van der Waals surface area contributed by atoms with Crippen LogP contribution in [0.4, 0.5) is 5.82 Å². The number of benzene rings is 1. The fourth-order valence-electron chi connectivity index (χ4n) is 5.16. The number of fused-ring (bicyclic) bond motifs is 1. The Bertz CT molecular complexity index is 1050. The van der Waals surface area contributed by atoms with Crippen LogP contribution in [0, 0.1) is 29.1 Å². The van der Waals surface area contributed by atoms with E-state index in [1.807, 2.05) is 12.1 Å². The molecule has 2 N–H and O–H groups in total. The van der Waals surface area contributed by atoms with Crippen molar-refractivity contribution in [3.8, 4) is 11.8 Å². The van der Waals surface area contributed by atoms with Crippen LogP contribution in [0.3, 0.4) is 0 Å². The Morgan fingerprint density at radius 2 is 1.94 bits per heavy atom. The Labute approximate surface area is 197 Å². The quantitative estimate of drug-likeness (QED) is 0.671. The standard InChI is InChI=1S/C24H26ClN5O3/c25-21-9-17(4-1-14(21)10-26)33-16-5-2-15(3-6-16)27-24(32)22-7-8-23(29-28-22)30-11-18-19(12-30)20(18)13-31/h1,4,7-9,15-16,18-20,31H,2-3,5-6,11-13H2,(H,27,32)/t15?,16?,18-,19+,20-. The molecule has 2 saturated carbocycles. The van der Waals surface area contributed by atoms with E-state index in [1.54, 1.807) is 24.3 Å². The lowest BCUT2D eigenvalue weighted by atomic mass is 9.93. The number of nitrogens with zero attached hydrogens (tertiary/aromatic N) is 4. The molecule has 0 unspecified atom stereocenters. The molecule has 1 amide bonds. The van der Waals surface area contributed by atoms with Gasteiger partial charge in [0.1, 0.15) is 11.8 Å². The number of nitriles is 1. The van der Waals surface area contributed by atoms with Crippen molar-refractivity contribution in [2.75, 3.05) is 24.6 Å². The van der Waals surface area contributed by atoms with Crippen LogP contribution in [0.1, 0.15) is 41.7 Å². The molecule has 5 rings (SSSR count). The molecule has 1 aliphatic heterocycles. The number of ether oxygens (including phenoxy) is 1. The van der Waals surface area contributed by atoms with E-state index in [9.17, 15) is 9.90 Å². The lowest BCUT2D eigenvalue weighted by molar-refractivity contribution is 0.0888. The number of aromatic nitrogens is 2. The van der Waals surface area contributed by atoms with Gasteiger partial charge in [-0.05, 0) is 67.7 Å². The fraction of sp³-hybridized carbons (Fsp3) is 0.500. The molecule has 1 saturated heterocycles. The van der Waals surface area contributed by atoms with Gasteiger partial charge in [-0.15, -0.1) is 10.2 Å². The van der Waals surface area contributed by atoms with Crippen LogP contribution in [-0.4, -0.2) is 53.1 Å². The molecule has 2 aromatic rings. The van der Waals surface area contributed by atoms with Gasteiger partial charge in [-0.3, -0.25) is 4.79 Å². The summed E-state index contributed by atoms with van der Waals surface area (Å²) in [7, 11) is 0. The summed E-state index contributed by atoms with van der Waals surface area (Å²) in [5, 5.41) is 30.1. The second-order valence-corrected chi connectivity index (χ2v) is 9.58. The summed E-state index contributed by atoms with van der Waals surface area (Å²) in [4.78, 5) is 14.8. The number of halogens is 1. The fourth-order valence-corrected chi connectivity index (χ4v) is 5.37. The van der Waals surface area contributed by atoms with Crippen molar-refractivity contribution in [3.63, 3.8) is 0 Å². The number of nitrogens with one attached hydrogen (secondary N) is 1. The van der Waals surface area contributed by atoms with Crippen molar-refractivity contribution >= 4 is 23.3 Å². The number of carbonyl (C=O) groups is 1. The highest BCUT2D eigenvalue weighted by molar-refractivity contribution is 6.31. The highest BCUT2D eigenvalue weighted by Crippen LogP contribution is 2.51. The molecule has 8 nitrogen and oxygen atoms in total. The van der Waals surface area contributed by atoms with Gasteiger partial charge in [0.2, 0.25) is 0 Å². The first-order chi connectivity index (χ1) is 16.1. The van der Waals surface area contributed by atoms with Crippen LogP contribution < -0.4 is 15.0 Å². The van der Waals surface area contributed by atoms with Gasteiger partial charge in [-0.2, -0.15) is 5.26 Å². The van der Waals surface area contributed by atoms with Gasteiger partial charge in [0, 0.05) is 31.8 Å². The minimum absolute atomic E-state index is 0.0540. The zero-order chi connectivity index (χ0) is 22.9. The van der Waals surface area contributed by atoms with Crippen molar-refractivity contribution in [2.45, 2.75) is 37.8 Å². The van der Waals surface area contributed by atoms with Crippen molar-refractivity contribution in [1.29, 1.82) is 5.26 Å². The van der Waals surface area contributed by atoms with Gasteiger partial charge in [-0.1, -0.05) is 11.6 Å². The minimum Gasteiger partial charge on any atom is -0.490 e. The van der Waals surface area contributed by atoms with E-state index >= 15 is 0 Å². The molecule has 33 heavy (non-hydrogen) atoms. The first-order valence-corrected chi connectivity index (χ1v) is 11.8. The summed E-state index contributed by atoms with van der Waals surface area (Å²) in [6.07, 6.45) is 3.32. The van der Waals surface area contributed by atoms with Gasteiger partial charge in [0.05, 0.1) is 16.7 Å². The Morgan fingerprint density at radius 3 is 2.55 bits per heavy atom. The van der Waals surface area contributed by atoms with Crippen LogP contribution in [0.5, 0.6) is 5.75 Å². The lowest BCUT2D eigenvalue weighted by Gasteiger charge is -2.29. The van der Waals surface area contributed by atoms with Crippen LogP contribution in [0.2, 0.25) is 5.02 Å². The van der Waals surface area contributed by atoms with Gasteiger partial charge < -0.3 is 20.1 Å². The monoisotopic (exact) mass is 467 g/mol. The molecule has 3 atom stereocenters. The molecule has 0 bridgehead atoms. The molecule has 1 aromatic carbocycles. The SMILES string of the molecule is N#Cc1ccc(OC2CCC(NC(=O)c3ccc(N4C[C@@H]5[C@H](CO)[C@@H]5C4)nn3)CC2)cc1Cl. The minimum atomic E-state index is -0.207. The summed E-state index contributed by atoms with van der Waals surface area (Å²) < 4.78 is 6.01. The first-order valence-electron chi connectivity index (χ1n) is 11.4. The molecule has 9 heteroatoms. The van der Waals surface area contributed by atoms with Crippen LogP contribution >= 0.6 is 11.6 Å². The predicted octanol–water partition coefficient (Wildman–Crippen LogP) is 2.80. The molecule has 2 aliphatic carbocycles. The van der Waals surface area contributed by atoms with E-state index in [1.165, 1.54) is 0 Å². The predicted molar refractivity (Wildman–Crippen MR) is 122 cm³/mol. The Balaban J connectivity index is 1.08. The highest BCUT2D eigenvalue weighted by atomic mass is 35.5. The molecule has 0 radical (unpaired) electrons. The average molecular weight is 468 g/mol. The van der Waals surface area contributed by atoms with Crippen LogP contribution in [-0.2, 0) is 0 Å². The third kappa shape index (κ3) is 4.61. The first kappa shape index (κ1) is 21.9. The number of carbonyl (C=O) groups excluding carboxylic acids is 1. The van der Waals surface area contributed by atoms with Gasteiger partial charge in [-0.25, -0.2) is 0 Å². The molecular formula is C24H26ClN5O3. The zero-order valence-corrected chi connectivity index (χ0v) is 18.9. The zero-order valence-electron chi connectivity index (χ0n) is 18.2. The number of amides is 1. The smallest absolute Gasteiger partial charge is 0.272 e. The second-order valence-electron chi connectivity index (χ2n) is 9.17. The van der Waals surface area contributed by atoms with Crippen molar-refractivity contribution in [3.05, 3.63) is 46.6 Å². The molecule has 3 aliphatic rings. The van der Waals surface area contributed by atoms with Crippen molar-refractivity contribution in [1.82, 2.24) is 15.5 Å². The van der Waals surface area contributed by atoms with Gasteiger partial charge in [0.15, 0.2) is 11.5 Å². The number of anilines is 1. The number of rotatable bonds is 6. The van der Waals surface area contributed by atoms with Crippen molar-refractivity contribution in [2.24, 2.45) is 17.8 Å². The summed E-state index contributed by atoms with van der Waals surface area (Å²) in [5.41, 5.74) is 0.751. The molecule has 2 heterocycles. The Morgan fingerprint density at radius 1 is 1.18 bits per heavy atom. The van der Waals surface area contributed by atoms with E-state index in [4.69, 9.17) is 21.6 Å². The summed E-state index contributed by atoms with van der Waals surface area (Å²) in [6, 6.07) is 10.8. The van der Waals surface area contributed by atoms with E-state index < -0.39 is 0 Å². The largest absolute Gasteiger partial charge is 0.490 e. The Kier molecular flexibility index (Phi) is 6.09. The molecule has 172 valence electrons. The number of aliphatic hydroxyl groups excluding tert-OH is 1. The van der Waals surface area contributed by atoms with Gasteiger partial charge in [0.25, 0.3) is 5.91 Å². The normalized spacial score (nSPS) is 28.0. The molecule has 0 spiro atoms. The maximum atomic E-state index is 12.6. The average Bonchev–Trinajstić information content (AvgIpc) is 3.30. The van der Waals surface area contributed by atoms with Gasteiger partial charge >= 0.3 is 0 Å². The maximum Gasteiger partial charge on any atom is 0.272 e. The molecule has 1 aromatic heterocycles. The molecular weight excluding hydrogens is 442 g/mol. The maximum absolute atomic E-state index is 12.6. The number of aliphatic hydroxyl groups is 1. The second kappa shape index (κ2) is 9.16. The van der Waals surface area contributed by atoms with E-state index in [0.29, 0.717) is 39.8 Å². The van der Waals surface area contributed by atoms with E-state index in [2.05, 4.69) is 20.4 Å². The lowest BCUT2D eigenvalue weighted by Crippen LogP contribution is -2.40.